The number of aromatic nitrogens is 2. The largest absolute Gasteiger partial charge is 0.386 e. The highest BCUT2D eigenvalue weighted by atomic mass is 16.6. The number of carbonyl (C=O) groups excluding carboxylic acids is 2. The van der Waals surface area contributed by atoms with Crippen molar-refractivity contribution in [3.05, 3.63) is 71.8 Å². The number of hydrogen-bond acceptors (Lipinski definition) is 5. The van der Waals surface area contributed by atoms with Crippen LogP contribution in [0.25, 0.3) is 0 Å². The predicted molar refractivity (Wildman–Crippen MR) is 83.7 cm³/mol. The molecule has 0 saturated heterocycles. The molecule has 3 rings (SSSR count). The van der Waals surface area contributed by atoms with E-state index in [1.54, 1.807) is 18.7 Å². The van der Waals surface area contributed by atoms with Gasteiger partial charge in [0.25, 0.3) is 6.33 Å². The van der Waals surface area contributed by atoms with E-state index in [-0.39, 0.29) is 17.0 Å². The number of cyclic esters (lactones) is 2. The maximum atomic E-state index is 11.6. The first-order chi connectivity index (χ1) is 11.6. The quantitative estimate of drug-likeness (QED) is 0.287. The highest BCUT2D eigenvalue weighted by Crippen LogP contribution is 2.17. The van der Waals surface area contributed by atoms with Crippen LogP contribution in [0, 0.1) is 10.8 Å². The summed E-state index contributed by atoms with van der Waals surface area (Å²) < 4.78 is 7.70. The van der Waals surface area contributed by atoms with Gasteiger partial charge in [0, 0.05) is 6.08 Å². The van der Waals surface area contributed by atoms with E-state index in [0.717, 1.165) is 11.6 Å². The molecule has 0 fully saturated rings. The molecule has 0 saturated carbocycles. The third kappa shape index (κ3) is 2.97. The molecule has 0 aliphatic carbocycles. The molecule has 118 valence electrons. The van der Waals surface area contributed by atoms with Gasteiger partial charge in [0.2, 0.25) is 5.84 Å². The van der Waals surface area contributed by atoms with E-state index in [9.17, 15) is 9.59 Å². The molecule has 0 atom stereocenters. The van der Waals surface area contributed by atoms with E-state index in [1.807, 2.05) is 40.8 Å². The van der Waals surface area contributed by atoms with E-state index >= 15 is 0 Å². The fourth-order valence-electron chi connectivity index (χ4n) is 2.32. The minimum Gasteiger partial charge on any atom is -0.386 e. The molecular weight excluding hydrogens is 308 g/mol. The van der Waals surface area contributed by atoms with Crippen molar-refractivity contribution >= 4 is 23.6 Å². The minimum atomic E-state index is -0.871. The fraction of sp³-hybridized carbons (Fsp3) is 0.0588. The van der Waals surface area contributed by atoms with Gasteiger partial charge >= 0.3 is 11.9 Å². The van der Waals surface area contributed by atoms with Crippen molar-refractivity contribution in [1.29, 1.82) is 10.8 Å². The first-order valence-corrected chi connectivity index (χ1v) is 7.06. The zero-order valence-corrected chi connectivity index (χ0v) is 12.5. The normalized spacial score (nSPS) is 13.2. The summed E-state index contributed by atoms with van der Waals surface area (Å²) in [5.74, 6) is 0.224. The lowest BCUT2D eigenvalue weighted by atomic mass is 10.1. The Balaban J connectivity index is 1.83. The Morgan fingerprint density at radius 1 is 1.25 bits per heavy atom. The molecular formula is C17H13N4O3+. The molecule has 1 aliphatic rings. The molecule has 0 amide bonds. The van der Waals surface area contributed by atoms with Gasteiger partial charge in [0.05, 0.1) is 5.57 Å². The Kier molecular flexibility index (Phi) is 4.01. The van der Waals surface area contributed by atoms with E-state index in [1.165, 1.54) is 4.57 Å². The Bertz CT molecular complexity index is 918. The van der Waals surface area contributed by atoms with Crippen LogP contribution in [-0.2, 0) is 20.9 Å². The van der Waals surface area contributed by atoms with Crippen molar-refractivity contribution < 1.29 is 18.9 Å². The summed E-state index contributed by atoms with van der Waals surface area (Å²) in [6.45, 7) is 0.619. The van der Waals surface area contributed by atoms with Crippen LogP contribution in [0.1, 0.15) is 5.56 Å². The summed E-state index contributed by atoms with van der Waals surface area (Å²) >= 11 is 0. The summed E-state index contributed by atoms with van der Waals surface area (Å²) in [4.78, 5) is 22.7. The third-order valence-electron chi connectivity index (χ3n) is 3.46. The molecule has 1 aromatic carbocycles. The van der Waals surface area contributed by atoms with Crippen LogP contribution in [-0.4, -0.2) is 28.2 Å². The average molecular weight is 321 g/mol. The molecule has 1 aromatic heterocycles. The van der Waals surface area contributed by atoms with Gasteiger partial charge < -0.3 is 4.74 Å². The molecule has 0 bridgehead atoms. The second kappa shape index (κ2) is 6.28. The van der Waals surface area contributed by atoms with E-state index in [2.05, 4.69) is 4.74 Å². The van der Waals surface area contributed by atoms with Crippen LogP contribution < -0.4 is 4.57 Å². The van der Waals surface area contributed by atoms with Gasteiger partial charge in [-0.3, -0.25) is 10.8 Å². The van der Waals surface area contributed by atoms with Gasteiger partial charge in [0.15, 0.2) is 0 Å². The van der Waals surface area contributed by atoms with Crippen LogP contribution in [0.4, 0.5) is 0 Å². The van der Waals surface area contributed by atoms with Crippen LogP contribution in [0.3, 0.4) is 0 Å². The number of hydrogen-bond donors (Lipinski definition) is 2. The summed E-state index contributed by atoms with van der Waals surface area (Å²) in [6, 6.07) is 9.80. The molecule has 0 spiro atoms. The van der Waals surface area contributed by atoms with Crippen molar-refractivity contribution in [3.63, 3.8) is 0 Å². The molecule has 2 heterocycles. The summed E-state index contributed by atoms with van der Waals surface area (Å²) in [6.07, 6.45) is 6.03. The van der Waals surface area contributed by atoms with Crippen LogP contribution in [0.15, 0.2) is 66.3 Å². The number of benzene rings is 1. The number of imidazole rings is 1. The second-order valence-corrected chi connectivity index (χ2v) is 5.09. The molecule has 2 N–H and O–H groups in total. The summed E-state index contributed by atoms with van der Waals surface area (Å²) in [5, 5.41) is 15.5. The Morgan fingerprint density at radius 3 is 2.62 bits per heavy atom. The zero-order chi connectivity index (χ0) is 17.1. The van der Waals surface area contributed by atoms with Crippen molar-refractivity contribution in [1.82, 2.24) is 4.57 Å². The summed E-state index contributed by atoms with van der Waals surface area (Å²) in [7, 11) is 0. The van der Waals surface area contributed by atoms with Crippen LogP contribution in [0.5, 0.6) is 0 Å². The lowest BCUT2D eigenvalue weighted by Gasteiger charge is -2.01. The maximum Gasteiger partial charge on any atom is 0.347 e. The Labute approximate surface area is 137 Å². The number of nitrogens with one attached hydrogen (secondary N) is 2. The number of nitrogens with zero attached hydrogens (tertiary/aromatic N) is 2. The zero-order valence-electron chi connectivity index (χ0n) is 12.5. The lowest BCUT2D eigenvalue weighted by molar-refractivity contribution is -0.687. The van der Waals surface area contributed by atoms with Gasteiger partial charge in [-0.15, -0.1) is 0 Å². The lowest BCUT2D eigenvalue weighted by Crippen LogP contribution is -2.32. The van der Waals surface area contributed by atoms with Gasteiger partial charge in [-0.2, -0.15) is 4.57 Å². The average Bonchev–Trinajstić information content (AvgIpc) is 3.16. The molecule has 7 nitrogen and oxygen atoms in total. The number of ether oxygens (including phenoxy) is 1. The predicted octanol–water partition coefficient (Wildman–Crippen LogP) is 0.834. The molecule has 2 aromatic rings. The van der Waals surface area contributed by atoms with E-state index in [0.29, 0.717) is 6.54 Å². The highest BCUT2D eigenvalue weighted by molar-refractivity contribution is 6.22. The number of rotatable bonds is 4. The molecule has 7 heteroatoms. The van der Waals surface area contributed by atoms with Gasteiger partial charge in [-0.1, -0.05) is 30.3 Å². The van der Waals surface area contributed by atoms with Crippen LogP contribution >= 0.6 is 0 Å². The molecule has 24 heavy (non-hydrogen) atoms. The Hall–Kier alpha value is -3.57. The molecule has 0 radical (unpaired) electrons. The van der Waals surface area contributed by atoms with Crippen molar-refractivity contribution in [2.24, 2.45) is 0 Å². The fourth-order valence-corrected chi connectivity index (χ4v) is 2.32. The highest BCUT2D eigenvalue weighted by Gasteiger charge is 2.31. The van der Waals surface area contributed by atoms with Gasteiger partial charge in [-0.05, 0) is 11.4 Å². The Morgan fingerprint density at radius 2 is 2.00 bits per heavy atom. The molecule has 1 aliphatic heterocycles. The topological polar surface area (TPSA) is 99.9 Å². The van der Waals surface area contributed by atoms with Crippen LogP contribution in [0.2, 0.25) is 0 Å². The summed E-state index contributed by atoms with van der Waals surface area (Å²) in [5.41, 5.74) is 0.860. The third-order valence-corrected chi connectivity index (χ3v) is 3.46. The van der Waals surface area contributed by atoms with E-state index in [4.69, 9.17) is 10.8 Å². The van der Waals surface area contributed by atoms with Crippen molar-refractivity contribution in [2.45, 2.75) is 6.54 Å². The minimum absolute atomic E-state index is 0.103. The van der Waals surface area contributed by atoms with Gasteiger partial charge in [0.1, 0.15) is 24.5 Å². The standard InChI is InChI=1S/C17H13N4O3/c18-9-14(13-8-15(22)24-17(13)23)16(19)21-7-6-20(11-21)10-12-4-2-1-3-5-12/h1-8,11,18-19H,10H2/q+1. The second-order valence-electron chi connectivity index (χ2n) is 5.09. The SMILES string of the molecule is N=C=C(C(=N)n1cc[n+](Cc2ccccc2)c1)C1=CC(=O)OC1=O. The smallest absolute Gasteiger partial charge is 0.347 e. The molecule has 0 unspecified atom stereocenters. The van der Waals surface area contributed by atoms with Crippen molar-refractivity contribution in [3.8, 4) is 0 Å². The number of carbonyl (C=O) groups is 2. The maximum absolute atomic E-state index is 11.6. The monoisotopic (exact) mass is 321 g/mol. The van der Waals surface area contributed by atoms with Gasteiger partial charge in [-0.25, -0.2) is 14.2 Å². The first kappa shape index (κ1) is 15.3. The van der Waals surface area contributed by atoms with Crippen molar-refractivity contribution in [2.75, 3.05) is 0 Å². The number of esters is 2. The first-order valence-electron chi connectivity index (χ1n) is 7.06. The van der Waals surface area contributed by atoms with E-state index < -0.39 is 11.9 Å².